The highest BCUT2D eigenvalue weighted by Gasteiger charge is 2.46. The zero-order valence-corrected chi connectivity index (χ0v) is 19.6. The predicted molar refractivity (Wildman–Crippen MR) is 120 cm³/mol. The molecule has 35 heavy (non-hydrogen) atoms. The third-order valence-electron chi connectivity index (χ3n) is 6.21. The number of Topliss-reactive ketones (excluding diaryl/α,β-unsaturated/α-hetero) is 1. The van der Waals surface area contributed by atoms with Gasteiger partial charge in [0.2, 0.25) is 0 Å². The lowest BCUT2D eigenvalue weighted by atomic mass is 9.92. The summed E-state index contributed by atoms with van der Waals surface area (Å²) in [6.45, 7) is 1.44. The first-order valence-electron chi connectivity index (χ1n) is 10.7. The zero-order valence-electron chi connectivity index (χ0n) is 18.8. The number of allylic oxidation sites excluding steroid dienone is 1. The second-order valence-electron chi connectivity index (χ2n) is 8.23. The van der Waals surface area contributed by atoms with Gasteiger partial charge in [0.15, 0.2) is 15.6 Å². The molecule has 2 amide bonds. The van der Waals surface area contributed by atoms with Gasteiger partial charge in [0.1, 0.15) is 0 Å². The van der Waals surface area contributed by atoms with Crippen LogP contribution in [0.15, 0.2) is 58.6 Å². The number of likely N-dealkylation sites (N-methyl/N-ethyl adjacent to an activating group) is 1. The van der Waals surface area contributed by atoms with E-state index >= 15 is 0 Å². The molecule has 2 aliphatic rings. The Morgan fingerprint density at radius 1 is 1.11 bits per heavy atom. The van der Waals surface area contributed by atoms with Crippen molar-refractivity contribution in [3.8, 4) is 6.07 Å². The number of alkyl halides is 3. The van der Waals surface area contributed by atoms with Crippen molar-refractivity contribution in [3.63, 3.8) is 0 Å². The van der Waals surface area contributed by atoms with Crippen LogP contribution in [0.5, 0.6) is 0 Å². The third-order valence-corrected chi connectivity index (χ3v) is 7.99. The number of rotatable bonds is 4. The molecule has 1 heterocycles. The number of benzene rings is 2. The molecule has 7 nitrogen and oxygen atoms in total. The van der Waals surface area contributed by atoms with Crippen molar-refractivity contribution in [2.75, 3.05) is 17.7 Å². The largest absolute Gasteiger partial charge is 0.416 e. The van der Waals surface area contributed by atoms with Crippen LogP contribution >= 0.6 is 0 Å². The summed E-state index contributed by atoms with van der Waals surface area (Å²) in [6, 6.07) is 8.40. The number of halogens is 3. The van der Waals surface area contributed by atoms with Crippen molar-refractivity contribution in [3.05, 3.63) is 70.4 Å². The van der Waals surface area contributed by atoms with Gasteiger partial charge in [-0.1, -0.05) is 19.1 Å². The van der Waals surface area contributed by atoms with Crippen LogP contribution in [0.4, 0.5) is 23.7 Å². The first-order chi connectivity index (χ1) is 16.4. The minimum atomic E-state index is -4.63. The number of carbonyl (C=O) groups excluding carboxylic acids is 2. The van der Waals surface area contributed by atoms with E-state index in [-0.39, 0.29) is 57.4 Å². The van der Waals surface area contributed by atoms with E-state index < -0.39 is 33.6 Å². The standard InChI is InChI=1S/C24H20F3N3O4S/c1-3-35(33,34)20-11-14(13-28)7-8-17(20)22-21-18(9-10-19(21)31)30(23(32)29(22)2)16-6-4-5-15(12-16)24(25,26)27/h4-8,11-12,22H,3,9-10H2,1-2H3. The van der Waals surface area contributed by atoms with E-state index in [0.29, 0.717) is 0 Å². The molecule has 2 aromatic rings. The molecule has 0 fully saturated rings. The Kier molecular flexibility index (Phi) is 5.97. The number of urea groups is 1. The van der Waals surface area contributed by atoms with E-state index in [2.05, 4.69) is 0 Å². The van der Waals surface area contributed by atoms with E-state index in [1.807, 2.05) is 6.07 Å². The monoisotopic (exact) mass is 503 g/mol. The van der Waals surface area contributed by atoms with E-state index in [1.165, 1.54) is 44.3 Å². The second-order valence-corrected chi connectivity index (χ2v) is 10.5. The van der Waals surface area contributed by atoms with Crippen molar-refractivity contribution in [2.24, 2.45) is 0 Å². The first kappa shape index (κ1) is 24.5. The molecular weight excluding hydrogens is 483 g/mol. The van der Waals surface area contributed by atoms with Crippen molar-refractivity contribution < 1.29 is 31.2 Å². The number of carbonyl (C=O) groups is 2. The molecular formula is C24H20F3N3O4S. The fourth-order valence-electron chi connectivity index (χ4n) is 4.49. The summed E-state index contributed by atoms with van der Waals surface area (Å²) in [5, 5.41) is 9.27. The van der Waals surface area contributed by atoms with E-state index in [9.17, 15) is 36.4 Å². The maximum absolute atomic E-state index is 13.5. The van der Waals surface area contributed by atoms with Gasteiger partial charge in [-0.15, -0.1) is 0 Å². The lowest BCUT2D eigenvalue weighted by molar-refractivity contribution is -0.137. The Morgan fingerprint density at radius 3 is 2.46 bits per heavy atom. The molecule has 1 aliphatic heterocycles. The molecule has 11 heteroatoms. The van der Waals surface area contributed by atoms with Gasteiger partial charge in [-0.25, -0.2) is 13.2 Å². The minimum absolute atomic E-state index is 0.0316. The molecule has 0 N–H and O–H groups in total. The summed E-state index contributed by atoms with van der Waals surface area (Å²) in [6.07, 6.45) is -4.48. The molecule has 0 aromatic heterocycles. The van der Waals surface area contributed by atoms with Gasteiger partial charge < -0.3 is 4.90 Å². The number of hydrogen-bond acceptors (Lipinski definition) is 5. The highest BCUT2D eigenvalue weighted by atomic mass is 32.2. The summed E-state index contributed by atoms with van der Waals surface area (Å²) < 4.78 is 65.7. The summed E-state index contributed by atoms with van der Waals surface area (Å²) in [4.78, 5) is 28.6. The fourth-order valence-corrected chi connectivity index (χ4v) is 5.64. The van der Waals surface area contributed by atoms with Crippen LogP contribution in [0, 0.1) is 11.3 Å². The number of ketones is 1. The lowest BCUT2D eigenvalue weighted by Gasteiger charge is -2.41. The predicted octanol–water partition coefficient (Wildman–Crippen LogP) is 4.60. The van der Waals surface area contributed by atoms with Crippen molar-refractivity contribution in [1.29, 1.82) is 5.26 Å². The Morgan fingerprint density at radius 2 is 1.83 bits per heavy atom. The number of nitriles is 1. The summed E-state index contributed by atoms with van der Waals surface area (Å²) in [7, 11) is -2.48. The van der Waals surface area contributed by atoms with Gasteiger partial charge in [0.25, 0.3) is 0 Å². The molecule has 0 saturated heterocycles. The number of sulfone groups is 1. The van der Waals surface area contributed by atoms with Crippen LogP contribution < -0.4 is 4.90 Å². The quantitative estimate of drug-likeness (QED) is 0.607. The van der Waals surface area contributed by atoms with Gasteiger partial charge in [-0.05, 0) is 42.3 Å². The Labute approximate surface area is 200 Å². The summed E-state index contributed by atoms with van der Waals surface area (Å²) >= 11 is 0. The van der Waals surface area contributed by atoms with Gasteiger partial charge in [-0.3, -0.25) is 9.69 Å². The molecule has 0 radical (unpaired) electrons. The summed E-state index contributed by atoms with van der Waals surface area (Å²) in [5.74, 6) is -0.597. The van der Waals surface area contributed by atoms with E-state index in [4.69, 9.17) is 0 Å². The molecule has 2 aromatic carbocycles. The number of amides is 2. The van der Waals surface area contributed by atoms with Gasteiger partial charge in [0.05, 0.1) is 39.6 Å². The van der Waals surface area contributed by atoms with Crippen LogP contribution in [0.2, 0.25) is 0 Å². The van der Waals surface area contributed by atoms with Crippen molar-refractivity contribution >= 4 is 27.3 Å². The number of nitrogens with zero attached hydrogens (tertiary/aromatic N) is 3. The smallest absolute Gasteiger partial charge is 0.316 e. The Bertz CT molecular complexity index is 1420. The maximum atomic E-state index is 13.5. The molecule has 1 aliphatic carbocycles. The maximum Gasteiger partial charge on any atom is 0.416 e. The summed E-state index contributed by atoms with van der Waals surface area (Å²) in [5.41, 5.74) is -0.328. The van der Waals surface area contributed by atoms with Crippen LogP contribution in [-0.4, -0.2) is 37.9 Å². The molecule has 4 rings (SSSR count). The van der Waals surface area contributed by atoms with Crippen LogP contribution in [0.25, 0.3) is 0 Å². The third kappa shape index (κ3) is 4.08. The van der Waals surface area contributed by atoms with Gasteiger partial charge in [0, 0.05) is 24.7 Å². The first-order valence-corrected chi connectivity index (χ1v) is 12.3. The molecule has 182 valence electrons. The molecule has 1 unspecified atom stereocenters. The average molecular weight is 504 g/mol. The molecule has 0 spiro atoms. The SMILES string of the molecule is CCS(=O)(=O)c1cc(C#N)ccc1C1C2=C(CCC2=O)N(c2cccc(C(F)(F)F)c2)C(=O)N1C. The van der Waals surface area contributed by atoms with Crippen LogP contribution in [0.3, 0.4) is 0 Å². The number of anilines is 1. The van der Waals surface area contributed by atoms with Crippen molar-refractivity contribution in [2.45, 2.75) is 36.9 Å². The Balaban J connectivity index is 1.95. The number of hydrogen-bond donors (Lipinski definition) is 0. The van der Waals surface area contributed by atoms with E-state index in [0.717, 1.165) is 21.9 Å². The van der Waals surface area contributed by atoms with Crippen molar-refractivity contribution in [1.82, 2.24) is 4.90 Å². The van der Waals surface area contributed by atoms with E-state index in [1.54, 1.807) is 0 Å². The van der Waals surface area contributed by atoms with Gasteiger partial charge >= 0.3 is 12.2 Å². The normalized spacial score (nSPS) is 18.7. The lowest BCUT2D eigenvalue weighted by Crippen LogP contribution is -2.48. The Hall–Kier alpha value is -3.65. The average Bonchev–Trinajstić information content (AvgIpc) is 3.20. The molecule has 1 atom stereocenters. The topological polar surface area (TPSA) is 98.5 Å². The zero-order chi connectivity index (χ0) is 25.7. The highest BCUT2D eigenvalue weighted by Crippen LogP contribution is 2.46. The van der Waals surface area contributed by atoms with Crippen LogP contribution in [0.1, 0.15) is 42.5 Å². The minimum Gasteiger partial charge on any atom is -0.316 e. The molecule has 0 bridgehead atoms. The fraction of sp³-hybridized carbons (Fsp3) is 0.292. The highest BCUT2D eigenvalue weighted by molar-refractivity contribution is 7.91. The van der Waals surface area contributed by atoms with Gasteiger partial charge in [-0.2, -0.15) is 18.4 Å². The second kappa shape index (κ2) is 8.53. The van der Waals surface area contributed by atoms with Crippen LogP contribution in [-0.2, 0) is 20.8 Å². The molecule has 0 saturated carbocycles.